The van der Waals surface area contributed by atoms with Crippen LogP contribution in [0.25, 0.3) is 0 Å². The van der Waals surface area contributed by atoms with Gasteiger partial charge in [0.25, 0.3) is 0 Å². The fourth-order valence-corrected chi connectivity index (χ4v) is 6.21. The first-order valence-corrected chi connectivity index (χ1v) is 13.2. The molecule has 0 saturated carbocycles. The van der Waals surface area contributed by atoms with Gasteiger partial charge in [0.15, 0.2) is 23.1 Å². The number of carbonyl (C=O) groups excluding carboxylic acids is 2. The normalized spacial score (nSPS) is 18.4. The Morgan fingerprint density at radius 2 is 1.56 bits per heavy atom. The van der Waals surface area contributed by atoms with Gasteiger partial charge in [0.2, 0.25) is 0 Å². The molecule has 5 nitrogen and oxygen atoms in total. The minimum Gasteiger partial charge on any atom is -0.493 e. The summed E-state index contributed by atoms with van der Waals surface area (Å²) in [4.78, 5) is 28.9. The zero-order valence-corrected chi connectivity index (χ0v) is 22.0. The number of ketones is 2. The number of ether oxygens (including phenoxy) is 2. The van der Waals surface area contributed by atoms with E-state index < -0.39 is 5.92 Å². The second-order valence-corrected chi connectivity index (χ2v) is 10.2. The highest BCUT2D eigenvalue weighted by Gasteiger charge is 2.43. The van der Waals surface area contributed by atoms with Crippen LogP contribution in [0.5, 0.6) is 11.5 Å². The van der Waals surface area contributed by atoms with Gasteiger partial charge in [-0.2, -0.15) is 0 Å². The lowest BCUT2D eigenvalue weighted by atomic mass is 9.71. The molecule has 2 aromatic rings. The maximum Gasteiger partial charge on any atom is 0.180 e. The molecule has 0 bridgehead atoms. The Hall–Kier alpha value is -2.76. The molecule has 5 rings (SSSR count). The molecule has 2 aromatic carbocycles. The van der Waals surface area contributed by atoms with Gasteiger partial charge >= 0.3 is 0 Å². The molecule has 0 saturated heterocycles. The van der Waals surface area contributed by atoms with E-state index in [-0.39, 0.29) is 18.2 Å². The van der Waals surface area contributed by atoms with Crippen molar-refractivity contribution in [2.24, 2.45) is 0 Å². The molecule has 36 heavy (non-hydrogen) atoms. The van der Waals surface area contributed by atoms with Crippen molar-refractivity contribution < 1.29 is 19.1 Å². The molecular formula is C29H29Cl2NO4. The van der Waals surface area contributed by atoms with Crippen molar-refractivity contribution in [1.82, 2.24) is 4.90 Å². The van der Waals surface area contributed by atoms with Crippen molar-refractivity contribution in [3.63, 3.8) is 0 Å². The first-order valence-electron chi connectivity index (χ1n) is 12.5. The number of nitrogens with zero attached hydrogens (tertiary/aromatic N) is 1. The van der Waals surface area contributed by atoms with Crippen LogP contribution in [0, 0.1) is 0 Å². The SMILES string of the molecule is CCN1C2=C(C(=O)CCC2)C(c2cc(Cl)c(OCc3ccccc3Cl)c(OC)c2)C2=C1CCCC2=O. The number of carbonyl (C=O) groups is 2. The smallest absolute Gasteiger partial charge is 0.180 e. The molecule has 1 heterocycles. The third kappa shape index (κ3) is 4.33. The summed E-state index contributed by atoms with van der Waals surface area (Å²) in [5.41, 5.74) is 5.20. The molecule has 188 valence electrons. The summed E-state index contributed by atoms with van der Waals surface area (Å²) >= 11 is 13.1. The van der Waals surface area contributed by atoms with Crippen LogP contribution in [-0.2, 0) is 16.2 Å². The Kier molecular flexibility index (Phi) is 7.14. The average molecular weight is 526 g/mol. The summed E-state index contributed by atoms with van der Waals surface area (Å²) in [5.74, 6) is 0.639. The zero-order chi connectivity index (χ0) is 25.4. The second kappa shape index (κ2) is 10.3. The second-order valence-electron chi connectivity index (χ2n) is 9.37. The average Bonchev–Trinajstić information content (AvgIpc) is 2.87. The summed E-state index contributed by atoms with van der Waals surface area (Å²) < 4.78 is 11.7. The summed E-state index contributed by atoms with van der Waals surface area (Å²) in [6.45, 7) is 3.05. The number of methoxy groups -OCH3 is 1. The van der Waals surface area contributed by atoms with Crippen LogP contribution < -0.4 is 9.47 Å². The fourth-order valence-electron chi connectivity index (χ4n) is 5.74. The van der Waals surface area contributed by atoms with Crippen molar-refractivity contribution in [1.29, 1.82) is 0 Å². The maximum absolute atomic E-state index is 13.3. The van der Waals surface area contributed by atoms with Gasteiger partial charge in [-0.3, -0.25) is 9.59 Å². The standard InChI is InChI=1S/C29H29Cl2NO4/c1-3-32-21-10-6-12-23(33)27(21)26(28-22(32)11-7-13-24(28)34)18-14-20(31)29(25(15-18)35-2)36-16-17-8-4-5-9-19(17)30/h4-5,8-9,14-15,26H,3,6-7,10-13,16H2,1-2H3. The van der Waals surface area contributed by atoms with Crippen LogP contribution in [0.15, 0.2) is 58.9 Å². The minimum absolute atomic E-state index is 0.110. The highest BCUT2D eigenvalue weighted by atomic mass is 35.5. The quantitative estimate of drug-likeness (QED) is 0.405. The van der Waals surface area contributed by atoms with Gasteiger partial charge in [-0.25, -0.2) is 0 Å². The third-order valence-corrected chi connectivity index (χ3v) is 7.97. The Morgan fingerprint density at radius 1 is 0.917 bits per heavy atom. The van der Waals surface area contributed by atoms with Gasteiger partial charge < -0.3 is 14.4 Å². The number of hydrogen-bond acceptors (Lipinski definition) is 5. The Labute approximate surface area is 221 Å². The van der Waals surface area contributed by atoms with Crippen molar-refractivity contribution in [2.45, 2.75) is 58.0 Å². The summed E-state index contributed by atoms with van der Waals surface area (Å²) in [6, 6.07) is 11.1. The molecule has 1 aliphatic heterocycles. The van der Waals surface area contributed by atoms with E-state index in [1.54, 1.807) is 7.11 Å². The first kappa shape index (κ1) is 24.9. The number of hydrogen-bond donors (Lipinski definition) is 0. The van der Waals surface area contributed by atoms with E-state index in [2.05, 4.69) is 11.8 Å². The lowest BCUT2D eigenvalue weighted by Crippen LogP contribution is -2.39. The van der Waals surface area contributed by atoms with Crippen LogP contribution in [0.1, 0.15) is 62.5 Å². The van der Waals surface area contributed by atoms with Gasteiger partial charge in [0.1, 0.15) is 6.61 Å². The molecule has 0 fully saturated rings. The number of benzene rings is 2. The molecule has 0 N–H and O–H groups in total. The van der Waals surface area contributed by atoms with Crippen LogP contribution in [-0.4, -0.2) is 30.1 Å². The predicted octanol–water partition coefficient (Wildman–Crippen LogP) is 7.01. The number of rotatable bonds is 6. The Balaban J connectivity index is 1.60. The first-order chi connectivity index (χ1) is 17.4. The van der Waals surface area contributed by atoms with Crippen molar-refractivity contribution in [2.75, 3.05) is 13.7 Å². The lowest BCUT2D eigenvalue weighted by Gasteiger charge is -2.43. The molecule has 0 spiro atoms. The third-order valence-electron chi connectivity index (χ3n) is 7.32. The van der Waals surface area contributed by atoms with Crippen LogP contribution in [0.2, 0.25) is 10.0 Å². The van der Waals surface area contributed by atoms with E-state index in [9.17, 15) is 9.59 Å². The molecule has 0 unspecified atom stereocenters. The molecule has 0 aromatic heterocycles. The predicted molar refractivity (Wildman–Crippen MR) is 141 cm³/mol. The van der Waals surface area contributed by atoms with E-state index in [0.717, 1.165) is 65.9 Å². The number of Topliss-reactive ketones (excluding diaryl/α,β-unsaturated/α-hetero) is 2. The molecular weight excluding hydrogens is 497 g/mol. The fraction of sp³-hybridized carbons (Fsp3) is 0.379. The van der Waals surface area contributed by atoms with E-state index >= 15 is 0 Å². The Bertz CT molecular complexity index is 1250. The van der Waals surface area contributed by atoms with Gasteiger partial charge in [-0.15, -0.1) is 0 Å². The van der Waals surface area contributed by atoms with Gasteiger partial charge in [0.05, 0.1) is 12.1 Å². The van der Waals surface area contributed by atoms with Crippen LogP contribution >= 0.6 is 23.2 Å². The Morgan fingerprint density at radius 3 is 2.14 bits per heavy atom. The maximum atomic E-state index is 13.3. The number of halogens is 2. The minimum atomic E-state index is -0.442. The van der Waals surface area contributed by atoms with Crippen molar-refractivity contribution in [3.8, 4) is 11.5 Å². The molecule has 0 radical (unpaired) electrons. The highest BCUT2D eigenvalue weighted by molar-refractivity contribution is 6.32. The lowest BCUT2D eigenvalue weighted by molar-refractivity contribution is -0.117. The summed E-state index contributed by atoms with van der Waals surface area (Å²) in [7, 11) is 1.56. The van der Waals surface area contributed by atoms with Gasteiger partial charge in [-0.1, -0.05) is 41.4 Å². The van der Waals surface area contributed by atoms with E-state index in [1.165, 1.54) is 0 Å². The molecule has 7 heteroatoms. The van der Waals surface area contributed by atoms with E-state index in [4.69, 9.17) is 32.7 Å². The summed E-state index contributed by atoms with van der Waals surface area (Å²) in [6.07, 6.45) is 4.31. The molecule has 2 aliphatic carbocycles. The van der Waals surface area contributed by atoms with Crippen LogP contribution in [0.4, 0.5) is 0 Å². The van der Waals surface area contributed by atoms with E-state index in [0.29, 0.717) is 34.4 Å². The largest absolute Gasteiger partial charge is 0.493 e. The van der Waals surface area contributed by atoms with Gasteiger partial charge in [-0.05, 0) is 56.4 Å². The number of allylic oxidation sites excluding steroid dienone is 4. The zero-order valence-electron chi connectivity index (χ0n) is 20.5. The van der Waals surface area contributed by atoms with Crippen LogP contribution in [0.3, 0.4) is 0 Å². The van der Waals surface area contributed by atoms with Crippen molar-refractivity contribution >= 4 is 34.8 Å². The van der Waals surface area contributed by atoms with Gasteiger partial charge in [0, 0.05) is 58.4 Å². The van der Waals surface area contributed by atoms with E-state index in [1.807, 2.05) is 36.4 Å². The molecule has 3 aliphatic rings. The summed E-state index contributed by atoms with van der Waals surface area (Å²) in [5, 5.41) is 0.975. The monoisotopic (exact) mass is 525 g/mol. The molecule has 0 atom stereocenters. The van der Waals surface area contributed by atoms with Crippen molar-refractivity contribution in [3.05, 3.63) is 80.1 Å². The molecule has 0 amide bonds. The highest BCUT2D eigenvalue weighted by Crippen LogP contribution is 2.51. The topological polar surface area (TPSA) is 55.8 Å².